The van der Waals surface area contributed by atoms with Crippen molar-refractivity contribution in [2.45, 2.75) is 6.92 Å². The molecular weight excluding hydrogens is 346 g/mol. The zero-order valence-electron chi connectivity index (χ0n) is 11.9. The van der Waals surface area contributed by atoms with Crippen molar-refractivity contribution in [3.05, 3.63) is 58.1 Å². The zero-order chi connectivity index (χ0) is 15.5. The number of rotatable bonds is 3. The molecule has 22 heavy (non-hydrogen) atoms. The highest BCUT2D eigenvalue weighted by atomic mass is 79.9. The van der Waals surface area contributed by atoms with Crippen molar-refractivity contribution in [3.8, 4) is 11.5 Å². The van der Waals surface area contributed by atoms with Crippen LogP contribution < -0.4 is 14.8 Å². The van der Waals surface area contributed by atoms with Crippen LogP contribution in [0.5, 0.6) is 11.5 Å². The van der Waals surface area contributed by atoms with Gasteiger partial charge >= 0.3 is 0 Å². The molecule has 0 spiro atoms. The zero-order valence-corrected chi connectivity index (χ0v) is 13.5. The molecule has 0 aliphatic carbocycles. The van der Waals surface area contributed by atoms with Gasteiger partial charge in [-0.15, -0.1) is 0 Å². The second-order valence-electron chi connectivity index (χ2n) is 4.90. The van der Waals surface area contributed by atoms with Crippen LogP contribution in [-0.4, -0.2) is 12.7 Å². The molecule has 0 saturated heterocycles. The van der Waals surface area contributed by atoms with Crippen LogP contribution in [-0.2, 0) is 4.79 Å². The van der Waals surface area contributed by atoms with Crippen LogP contribution in [0.3, 0.4) is 0 Å². The van der Waals surface area contributed by atoms with Gasteiger partial charge in [0.05, 0.1) is 0 Å². The number of hydrogen-bond acceptors (Lipinski definition) is 3. The largest absolute Gasteiger partial charge is 0.454 e. The molecule has 0 fully saturated rings. The number of nitrogens with one attached hydrogen (secondary N) is 1. The fourth-order valence-corrected chi connectivity index (χ4v) is 2.34. The molecule has 4 nitrogen and oxygen atoms in total. The van der Waals surface area contributed by atoms with Gasteiger partial charge in [0, 0.05) is 16.2 Å². The normalized spacial score (nSPS) is 12.6. The summed E-state index contributed by atoms with van der Waals surface area (Å²) >= 11 is 3.43. The molecule has 0 radical (unpaired) electrons. The fourth-order valence-electron chi connectivity index (χ4n) is 2.10. The number of benzene rings is 2. The summed E-state index contributed by atoms with van der Waals surface area (Å²) in [6.45, 7) is 2.22. The van der Waals surface area contributed by atoms with Crippen molar-refractivity contribution in [3.63, 3.8) is 0 Å². The quantitative estimate of drug-likeness (QED) is 0.837. The number of anilines is 1. The minimum absolute atomic E-state index is 0.181. The smallest absolute Gasteiger partial charge is 0.248 e. The number of amides is 1. The summed E-state index contributed by atoms with van der Waals surface area (Å²) in [6, 6.07) is 11.2. The first kappa shape index (κ1) is 14.7. The van der Waals surface area contributed by atoms with Crippen molar-refractivity contribution in [2.24, 2.45) is 0 Å². The number of hydrogen-bond donors (Lipinski definition) is 1. The number of fused-ring (bicyclic) bond motifs is 1. The van der Waals surface area contributed by atoms with E-state index in [1.165, 1.54) is 6.08 Å². The van der Waals surface area contributed by atoms with Crippen LogP contribution in [0.2, 0.25) is 0 Å². The van der Waals surface area contributed by atoms with Gasteiger partial charge in [0.25, 0.3) is 0 Å². The number of carbonyl (C=O) groups excluding carboxylic acids is 1. The third-order valence-electron chi connectivity index (χ3n) is 3.25. The third kappa shape index (κ3) is 3.31. The van der Waals surface area contributed by atoms with Gasteiger partial charge in [0.2, 0.25) is 12.7 Å². The summed E-state index contributed by atoms with van der Waals surface area (Å²) in [4.78, 5) is 12.0. The first-order chi connectivity index (χ1) is 10.6. The van der Waals surface area contributed by atoms with Crippen LogP contribution in [0.25, 0.3) is 6.08 Å². The molecule has 0 unspecified atom stereocenters. The van der Waals surface area contributed by atoms with E-state index in [1.54, 1.807) is 6.08 Å². The summed E-state index contributed by atoms with van der Waals surface area (Å²) in [5, 5.41) is 2.83. The standard InChI is InChI=1S/C17H14BrNO3/c1-11-8-13(4-5-14(11)18)19-17(20)7-3-12-2-6-15-16(9-12)22-10-21-15/h2-9H,10H2,1H3,(H,19,20). The molecule has 1 aliphatic rings. The van der Waals surface area contributed by atoms with E-state index < -0.39 is 0 Å². The van der Waals surface area contributed by atoms with Gasteiger partial charge in [-0.25, -0.2) is 0 Å². The molecule has 112 valence electrons. The molecule has 0 aromatic heterocycles. The Morgan fingerprint density at radius 3 is 2.82 bits per heavy atom. The lowest BCUT2D eigenvalue weighted by molar-refractivity contribution is -0.111. The van der Waals surface area contributed by atoms with Crippen molar-refractivity contribution in [2.75, 3.05) is 12.1 Å². The Bertz CT molecular complexity index is 756. The lowest BCUT2D eigenvalue weighted by Gasteiger charge is -2.04. The summed E-state index contributed by atoms with van der Waals surface area (Å²) in [5.41, 5.74) is 2.71. The van der Waals surface area contributed by atoms with Gasteiger partial charge in [0.15, 0.2) is 11.5 Å². The van der Waals surface area contributed by atoms with Crippen molar-refractivity contribution < 1.29 is 14.3 Å². The average Bonchev–Trinajstić information content (AvgIpc) is 2.96. The highest BCUT2D eigenvalue weighted by Crippen LogP contribution is 2.32. The summed E-state index contributed by atoms with van der Waals surface area (Å²) in [6.07, 6.45) is 3.23. The van der Waals surface area contributed by atoms with Crippen molar-refractivity contribution in [1.82, 2.24) is 0 Å². The number of aryl methyl sites for hydroxylation is 1. The monoisotopic (exact) mass is 359 g/mol. The van der Waals surface area contributed by atoms with Crippen molar-refractivity contribution >= 4 is 33.6 Å². The molecule has 2 aromatic rings. The molecule has 0 bridgehead atoms. The number of halogens is 1. The first-order valence-corrected chi connectivity index (χ1v) is 7.56. The summed E-state index contributed by atoms with van der Waals surface area (Å²) in [7, 11) is 0. The maximum absolute atomic E-state index is 12.0. The lowest BCUT2D eigenvalue weighted by Crippen LogP contribution is -2.07. The SMILES string of the molecule is Cc1cc(NC(=O)C=Cc2ccc3c(c2)OCO3)ccc1Br. The van der Waals surface area contributed by atoms with E-state index in [2.05, 4.69) is 21.2 Å². The van der Waals surface area contributed by atoms with Gasteiger partial charge in [-0.05, 0) is 54.5 Å². The van der Waals surface area contributed by atoms with Crippen molar-refractivity contribution in [1.29, 1.82) is 0 Å². The Labute approximate surface area is 136 Å². The first-order valence-electron chi connectivity index (χ1n) is 6.77. The number of ether oxygens (including phenoxy) is 2. The maximum atomic E-state index is 12.0. The summed E-state index contributed by atoms with van der Waals surface area (Å²) < 4.78 is 11.6. The molecule has 3 rings (SSSR count). The predicted molar refractivity (Wildman–Crippen MR) is 89.1 cm³/mol. The molecule has 1 N–H and O–H groups in total. The van der Waals surface area contributed by atoms with Crippen LogP contribution >= 0.6 is 15.9 Å². The predicted octanol–water partition coefficient (Wildman–Crippen LogP) is 4.14. The van der Waals surface area contributed by atoms with Gasteiger partial charge in [-0.2, -0.15) is 0 Å². The number of carbonyl (C=O) groups is 1. The average molecular weight is 360 g/mol. The molecule has 1 heterocycles. The highest BCUT2D eigenvalue weighted by molar-refractivity contribution is 9.10. The molecule has 5 heteroatoms. The van der Waals surface area contributed by atoms with Crippen LogP contribution in [0, 0.1) is 6.92 Å². The Kier molecular flexibility index (Phi) is 4.15. The second kappa shape index (κ2) is 6.23. The Morgan fingerprint density at radius 1 is 1.18 bits per heavy atom. The Balaban J connectivity index is 1.67. The lowest BCUT2D eigenvalue weighted by atomic mass is 10.2. The molecule has 0 saturated carbocycles. The van der Waals surface area contributed by atoms with Gasteiger partial charge in [0.1, 0.15) is 0 Å². The summed E-state index contributed by atoms with van der Waals surface area (Å²) in [5.74, 6) is 1.25. The van der Waals surface area contributed by atoms with Gasteiger partial charge < -0.3 is 14.8 Å². The van der Waals surface area contributed by atoms with Gasteiger partial charge in [-0.1, -0.05) is 22.0 Å². The maximum Gasteiger partial charge on any atom is 0.248 e. The molecular formula is C17H14BrNO3. The molecule has 1 amide bonds. The van der Waals surface area contributed by atoms with E-state index in [0.29, 0.717) is 5.75 Å². The molecule has 0 atom stereocenters. The second-order valence-corrected chi connectivity index (χ2v) is 5.75. The van der Waals surface area contributed by atoms with E-state index in [9.17, 15) is 4.79 Å². The Morgan fingerprint density at radius 2 is 2.00 bits per heavy atom. The third-order valence-corrected chi connectivity index (χ3v) is 4.14. The van der Waals surface area contributed by atoms with Gasteiger partial charge in [-0.3, -0.25) is 4.79 Å². The topological polar surface area (TPSA) is 47.6 Å². The van der Waals surface area contributed by atoms with Crippen LogP contribution in [0.15, 0.2) is 46.9 Å². The Hall–Kier alpha value is -2.27. The van der Waals surface area contributed by atoms with E-state index in [-0.39, 0.29) is 12.7 Å². The minimum Gasteiger partial charge on any atom is -0.454 e. The van der Waals surface area contributed by atoms with E-state index in [1.807, 2.05) is 43.3 Å². The van der Waals surface area contributed by atoms with E-state index >= 15 is 0 Å². The molecule has 2 aromatic carbocycles. The molecule has 1 aliphatic heterocycles. The van der Waals surface area contributed by atoms with E-state index in [0.717, 1.165) is 27.0 Å². The van der Waals surface area contributed by atoms with E-state index in [4.69, 9.17) is 9.47 Å². The minimum atomic E-state index is -0.181. The fraction of sp³-hybridized carbons (Fsp3) is 0.118. The van der Waals surface area contributed by atoms with Crippen LogP contribution in [0.1, 0.15) is 11.1 Å². The van der Waals surface area contributed by atoms with Crippen LogP contribution in [0.4, 0.5) is 5.69 Å². The highest BCUT2D eigenvalue weighted by Gasteiger charge is 2.12.